The zero-order valence-electron chi connectivity index (χ0n) is 13.0. The monoisotopic (exact) mass is 262 g/mol. The van der Waals surface area contributed by atoms with Crippen molar-refractivity contribution in [1.29, 1.82) is 0 Å². The molecule has 0 unspecified atom stereocenters. The smallest absolute Gasteiger partial charge is 0.0130 e. The van der Waals surface area contributed by atoms with Crippen molar-refractivity contribution in [3.63, 3.8) is 0 Å². The van der Waals surface area contributed by atoms with Gasteiger partial charge in [-0.05, 0) is 38.5 Å². The molecule has 1 radical (unpaired) electrons. The Balaban J connectivity index is 3.19. The Kier molecular flexibility index (Phi) is 16.4. The third-order valence-corrected chi connectivity index (χ3v) is 3.03. The molecule has 0 amide bonds. The maximum atomic E-state index is 4.11. The largest absolute Gasteiger partial charge is 0.245 e. The molecule has 0 fully saturated rings. The van der Waals surface area contributed by atoms with E-state index in [0.29, 0.717) is 0 Å². The maximum absolute atomic E-state index is 4.11. The second kappa shape index (κ2) is 17.2. The molecule has 0 heterocycles. The fourth-order valence-electron chi connectivity index (χ4n) is 1.89. The molecule has 0 atom stereocenters. The highest BCUT2D eigenvalue weighted by atomic mass is 14.8. The Bertz CT molecular complexity index is 238. The van der Waals surface area contributed by atoms with Crippen LogP contribution in [-0.4, -0.2) is 13.6 Å². The van der Waals surface area contributed by atoms with Crippen LogP contribution in [0, 0.1) is 0 Å². The van der Waals surface area contributed by atoms with E-state index in [1.165, 1.54) is 38.5 Å². The zero-order valence-corrected chi connectivity index (χ0v) is 13.0. The minimum Gasteiger partial charge on any atom is -0.245 e. The van der Waals surface area contributed by atoms with Gasteiger partial charge in [-0.15, -0.1) is 0 Å². The lowest BCUT2D eigenvalue weighted by molar-refractivity contribution is 0.596. The summed E-state index contributed by atoms with van der Waals surface area (Å²) in [5, 5.41) is 4.11. The van der Waals surface area contributed by atoms with Gasteiger partial charge in [-0.3, -0.25) is 0 Å². The minimum absolute atomic E-state index is 1.04. The number of allylic oxidation sites excluding steroid dienone is 6. The van der Waals surface area contributed by atoms with Crippen LogP contribution in [-0.2, 0) is 0 Å². The molecule has 0 aliphatic heterocycles. The van der Waals surface area contributed by atoms with E-state index in [0.717, 1.165) is 25.8 Å². The molecule has 0 saturated carbocycles. The number of rotatable bonds is 13. The van der Waals surface area contributed by atoms with E-state index >= 15 is 0 Å². The van der Waals surface area contributed by atoms with Crippen molar-refractivity contribution in [3.05, 3.63) is 36.5 Å². The Morgan fingerprint density at radius 1 is 0.684 bits per heavy atom. The van der Waals surface area contributed by atoms with Gasteiger partial charge in [0.15, 0.2) is 0 Å². The summed E-state index contributed by atoms with van der Waals surface area (Å²) < 4.78 is 0. The molecule has 0 saturated heterocycles. The Morgan fingerprint density at radius 2 is 1.26 bits per heavy atom. The first-order chi connectivity index (χ1) is 9.41. The quantitative estimate of drug-likeness (QED) is 0.311. The van der Waals surface area contributed by atoms with Crippen LogP contribution in [0.2, 0.25) is 0 Å². The third kappa shape index (κ3) is 17.2. The fourth-order valence-corrected chi connectivity index (χ4v) is 1.89. The SMILES string of the molecule is CC/C=C/C/C=C/C/C=C/CCCCCCC[N]C. The molecule has 0 rings (SSSR count). The maximum Gasteiger partial charge on any atom is 0.0130 e. The molecule has 0 N–H and O–H groups in total. The van der Waals surface area contributed by atoms with E-state index < -0.39 is 0 Å². The Hall–Kier alpha value is -0.820. The van der Waals surface area contributed by atoms with Crippen molar-refractivity contribution in [2.24, 2.45) is 0 Å². The number of nitrogens with zero attached hydrogens (tertiary/aromatic N) is 1. The zero-order chi connectivity index (χ0) is 14.0. The van der Waals surface area contributed by atoms with Crippen LogP contribution in [0.4, 0.5) is 0 Å². The summed E-state index contributed by atoms with van der Waals surface area (Å²) >= 11 is 0. The van der Waals surface area contributed by atoms with E-state index in [1.807, 2.05) is 7.05 Å². The van der Waals surface area contributed by atoms with Gasteiger partial charge in [-0.2, -0.15) is 0 Å². The second-order valence-electron chi connectivity index (χ2n) is 4.89. The summed E-state index contributed by atoms with van der Waals surface area (Å²) in [6, 6.07) is 0. The van der Waals surface area contributed by atoms with Gasteiger partial charge in [-0.25, -0.2) is 5.32 Å². The molecular weight excluding hydrogens is 230 g/mol. The molecule has 0 bridgehead atoms. The van der Waals surface area contributed by atoms with Crippen molar-refractivity contribution in [2.45, 2.75) is 64.7 Å². The summed E-state index contributed by atoms with van der Waals surface area (Å²) in [4.78, 5) is 0. The molecule has 1 nitrogen and oxygen atoms in total. The van der Waals surface area contributed by atoms with Gasteiger partial charge in [0.05, 0.1) is 0 Å². The van der Waals surface area contributed by atoms with Crippen LogP contribution in [0.25, 0.3) is 0 Å². The first-order valence-electron chi connectivity index (χ1n) is 7.92. The molecule has 0 aliphatic rings. The number of unbranched alkanes of at least 4 members (excludes halogenated alkanes) is 5. The van der Waals surface area contributed by atoms with Crippen LogP contribution in [0.15, 0.2) is 36.5 Å². The summed E-state index contributed by atoms with van der Waals surface area (Å²) in [5.74, 6) is 0. The van der Waals surface area contributed by atoms with Gasteiger partial charge in [0.1, 0.15) is 0 Å². The van der Waals surface area contributed by atoms with Gasteiger partial charge in [-0.1, -0.05) is 62.6 Å². The normalized spacial score (nSPS) is 12.3. The first-order valence-corrected chi connectivity index (χ1v) is 7.92. The van der Waals surface area contributed by atoms with E-state index in [-0.39, 0.29) is 0 Å². The second-order valence-corrected chi connectivity index (χ2v) is 4.89. The lowest BCUT2D eigenvalue weighted by Gasteiger charge is -1.98. The van der Waals surface area contributed by atoms with Crippen LogP contribution < -0.4 is 5.32 Å². The molecule has 0 aliphatic carbocycles. The third-order valence-electron chi connectivity index (χ3n) is 3.03. The average Bonchev–Trinajstić information content (AvgIpc) is 2.43. The minimum atomic E-state index is 1.04. The lowest BCUT2D eigenvalue weighted by Crippen LogP contribution is -1.98. The molecule has 0 spiro atoms. The van der Waals surface area contributed by atoms with Gasteiger partial charge in [0.2, 0.25) is 0 Å². The summed E-state index contributed by atoms with van der Waals surface area (Å²) in [6.45, 7) is 3.21. The van der Waals surface area contributed by atoms with Crippen molar-refractivity contribution in [1.82, 2.24) is 5.32 Å². The topological polar surface area (TPSA) is 14.1 Å². The average molecular weight is 262 g/mol. The van der Waals surface area contributed by atoms with Crippen LogP contribution in [0.3, 0.4) is 0 Å². The Morgan fingerprint density at radius 3 is 1.95 bits per heavy atom. The van der Waals surface area contributed by atoms with Crippen LogP contribution >= 0.6 is 0 Å². The molecule has 0 aromatic carbocycles. The van der Waals surface area contributed by atoms with Gasteiger partial charge in [0, 0.05) is 13.6 Å². The summed E-state index contributed by atoms with van der Waals surface area (Å²) in [7, 11) is 1.90. The van der Waals surface area contributed by atoms with E-state index in [4.69, 9.17) is 0 Å². The highest BCUT2D eigenvalue weighted by Gasteiger charge is 1.89. The van der Waals surface area contributed by atoms with E-state index in [9.17, 15) is 0 Å². The highest BCUT2D eigenvalue weighted by molar-refractivity contribution is 4.96. The molecule has 109 valence electrons. The number of hydrogen-bond acceptors (Lipinski definition) is 0. The summed E-state index contributed by atoms with van der Waals surface area (Å²) in [5.41, 5.74) is 0. The molecule has 0 aromatic heterocycles. The molecule has 19 heavy (non-hydrogen) atoms. The van der Waals surface area contributed by atoms with E-state index in [1.54, 1.807) is 0 Å². The number of hydrogen-bond donors (Lipinski definition) is 0. The van der Waals surface area contributed by atoms with Gasteiger partial charge >= 0.3 is 0 Å². The Labute approximate surface area is 120 Å². The summed E-state index contributed by atoms with van der Waals surface area (Å²) in [6.07, 6.45) is 24.8. The predicted octanol–water partition coefficient (Wildman–Crippen LogP) is 5.42. The van der Waals surface area contributed by atoms with E-state index in [2.05, 4.69) is 48.7 Å². The van der Waals surface area contributed by atoms with Crippen molar-refractivity contribution >= 4 is 0 Å². The first kappa shape index (κ1) is 18.2. The standard InChI is InChI=1S/C18H32N/c1-3-4-5-6-7-8-9-10-11-12-13-14-15-16-17-18-19-2/h4-5,7-8,10-11H,3,6,9,12-18H2,1-2H3/b5-4+,8-7+,11-10+. The highest BCUT2D eigenvalue weighted by Crippen LogP contribution is 2.05. The van der Waals surface area contributed by atoms with Crippen molar-refractivity contribution < 1.29 is 0 Å². The molecule has 1 heteroatoms. The van der Waals surface area contributed by atoms with Gasteiger partial charge in [0.25, 0.3) is 0 Å². The molecular formula is C18H32N. The van der Waals surface area contributed by atoms with Crippen LogP contribution in [0.1, 0.15) is 64.7 Å². The van der Waals surface area contributed by atoms with Crippen molar-refractivity contribution in [3.8, 4) is 0 Å². The lowest BCUT2D eigenvalue weighted by atomic mass is 10.1. The van der Waals surface area contributed by atoms with Crippen LogP contribution in [0.5, 0.6) is 0 Å². The fraction of sp³-hybridized carbons (Fsp3) is 0.667. The van der Waals surface area contributed by atoms with Gasteiger partial charge < -0.3 is 0 Å². The van der Waals surface area contributed by atoms with Crippen molar-refractivity contribution in [2.75, 3.05) is 13.6 Å². The predicted molar refractivity (Wildman–Crippen MR) is 87.6 cm³/mol. The molecule has 0 aromatic rings.